The summed E-state index contributed by atoms with van der Waals surface area (Å²) in [6.45, 7) is 0. The Labute approximate surface area is 121 Å². The average Bonchev–Trinajstić information content (AvgIpc) is 2.85. The van der Waals surface area contributed by atoms with Crippen molar-refractivity contribution in [3.05, 3.63) is 66.7 Å². The molecule has 0 radical (unpaired) electrons. The molecule has 0 saturated heterocycles. The second-order valence-electron chi connectivity index (χ2n) is 4.90. The second kappa shape index (κ2) is 4.36. The Morgan fingerprint density at radius 3 is 2.45 bits per heavy atom. The van der Waals surface area contributed by atoms with Crippen LogP contribution in [0.3, 0.4) is 0 Å². The Kier molecular flexibility index (Phi) is 2.51. The predicted molar refractivity (Wildman–Crippen MR) is 89.2 cm³/mol. The number of benzene rings is 3. The van der Waals surface area contributed by atoms with Crippen LogP contribution < -0.4 is 5.73 Å². The summed E-state index contributed by atoms with van der Waals surface area (Å²) >= 11 is 1.84. The third-order valence-electron chi connectivity index (χ3n) is 3.60. The van der Waals surface area contributed by atoms with Crippen molar-refractivity contribution >= 4 is 37.2 Å². The molecule has 0 amide bonds. The maximum atomic E-state index is 5.93. The van der Waals surface area contributed by atoms with E-state index in [-0.39, 0.29) is 0 Å². The van der Waals surface area contributed by atoms with Crippen LogP contribution in [0.4, 0.5) is 5.69 Å². The maximum Gasteiger partial charge on any atom is 0.0361 e. The third kappa shape index (κ3) is 1.69. The lowest BCUT2D eigenvalue weighted by Crippen LogP contribution is -1.85. The number of hydrogen-bond donors (Lipinski definition) is 1. The highest BCUT2D eigenvalue weighted by atomic mass is 32.1. The van der Waals surface area contributed by atoms with Crippen molar-refractivity contribution in [2.75, 3.05) is 5.73 Å². The summed E-state index contributed by atoms with van der Waals surface area (Å²) < 4.78 is 2.66. The second-order valence-corrected chi connectivity index (χ2v) is 5.99. The summed E-state index contributed by atoms with van der Waals surface area (Å²) in [6, 6.07) is 23.2. The highest BCUT2D eigenvalue weighted by molar-refractivity contribution is 7.25. The molecule has 4 aromatic rings. The monoisotopic (exact) mass is 275 g/mol. The van der Waals surface area contributed by atoms with Crippen molar-refractivity contribution < 1.29 is 0 Å². The molecule has 20 heavy (non-hydrogen) atoms. The fourth-order valence-electron chi connectivity index (χ4n) is 2.72. The van der Waals surface area contributed by atoms with Crippen molar-refractivity contribution in [1.82, 2.24) is 0 Å². The number of thiophene rings is 1. The molecule has 0 aliphatic heterocycles. The van der Waals surface area contributed by atoms with E-state index in [0.717, 1.165) is 5.69 Å². The Morgan fingerprint density at radius 2 is 1.55 bits per heavy atom. The number of fused-ring (bicyclic) bond motifs is 3. The number of hydrogen-bond acceptors (Lipinski definition) is 2. The molecule has 0 aliphatic carbocycles. The first-order chi connectivity index (χ1) is 9.83. The quantitative estimate of drug-likeness (QED) is 0.468. The first-order valence-corrected chi connectivity index (χ1v) is 7.41. The largest absolute Gasteiger partial charge is 0.399 e. The molecular weight excluding hydrogens is 262 g/mol. The molecule has 0 fully saturated rings. The third-order valence-corrected chi connectivity index (χ3v) is 4.74. The Bertz CT molecular complexity index is 921. The van der Waals surface area contributed by atoms with Gasteiger partial charge in [-0.2, -0.15) is 0 Å². The lowest BCUT2D eigenvalue weighted by molar-refractivity contribution is 1.65. The van der Waals surface area contributed by atoms with E-state index in [9.17, 15) is 0 Å². The van der Waals surface area contributed by atoms with E-state index >= 15 is 0 Å². The standard InChI is InChI=1S/C18H13NS/c19-13-6-3-5-12(11-13)14-8-4-10-17-18(14)15-7-1-2-9-16(15)20-17/h1-11H,19H2. The van der Waals surface area contributed by atoms with Gasteiger partial charge in [-0.05, 0) is 35.4 Å². The number of nitrogen functional groups attached to an aromatic ring is 1. The van der Waals surface area contributed by atoms with Gasteiger partial charge < -0.3 is 5.73 Å². The molecule has 96 valence electrons. The molecule has 3 aromatic carbocycles. The Hall–Kier alpha value is -2.32. The molecule has 0 aliphatic rings. The molecule has 2 N–H and O–H groups in total. The zero-order valence-electron chi connectivity index (χ0n) is 10.8. The van der Waals surface area contributed by atoms with Crippen LogP contribution in [-0.2, 0) is 0 Å². The fourth-order valence-corrected chi connectivity index (χ4v) is 3.85. The smallest absolute Gasteiger partial charge is 0.0361 e. The molecule has 0 atom stereocenters. The number of rotatable bonds is 1. The lowest BCUT2D eigenvalue weighted by atomic mass is 9.99. The van der Waals surface area contributed by atoms with Crippen LogP contribution in [0.15, 0.2) is 66.7 Å². The van der Waals surface area contributed by atoms with Crippen LogP contribution in [-0.4, -0.2) is 0 Å². The molecule has 4 rings (SSSR count). The average molecular weight is 275 g/mol. The summed E-state index contributed by atoms with van der Waals surface area (Å²) in [5.41, 5.74) is 9.17. The van der Waals surface area contributed by atoms with Crippen molar-refractivity contribution in [2.45, 2.75) is 0 Å². The van der Waals surface area contributed by atoms with E-state index < -0.39 is 0 Å². The van der Waals surface area contributed by atoms with Crippen LogP contribution in [0, 0.1) is 0 Å². The SMILES string of the molecule is Nc1cccc(-c2cccc3sc4ccccc4c23)c1. The molecule has 1 aromatic heterocycles. The van der Waals surface area contributed by atoms with Gasteiger partial charge in [-0.15, -0.1) is 11.3 Å². The van der Waals surface area contributed by atoms with E-state index in [1.165, 1.54) is 31.3 Å². The van der Waals surface area contributed by atoms with E-state index in [4.69, 9.17) is 5.73 Å². The van der Waals surface area contributed by atoms with Gasteiger partial charge >= 0.3 is 0 Å². The maximum absolute atomic E-state index is 5.93. The molecule has 2 heteroatoms. The first kappa shape index (κ1) is 11.5. The van der Waals surface area contributed by atoms with Crippen LogP contribution >= 0.6 is 11.3 Å². The van der Waals surface area contributed by atoms with Gasteiger partial charge in [0.2, 0.25) is 0 Å². The van der Waals surface area contributed by atoms with Crippen LogP contribution in [0.25, 0.3) is 31.3 Å². The predicted octanol–water partition coefficient (Wildman–Crippen LogP) is 5.30. The normalized spacial score (nSPS) is 11.2. The van der Waals surface area contributed by atoms with Crippen LogP contribution in [0.2, 0.25) is 0 Å². The highest BCUT2D eigenvalue weighted by Gasteiger charge is 2.10. The lowest BCUT2D eigenvalue weighted by Gasteiger charge is -2.05. The van der Waals surface area contributed by atoms with Gasteiger partial charge in [0.25, 0.3) is 0 Å². The van der Waals surface area contributed by atoms with Crippen LogP contribution in [0.1, 0.15) is 0 Å². The van der Waals surface area contributed by atoms with E-state index in [2.05, 4.69) is 48.5 Å². The van der Waals surface area contributed by atoms with Gasteiger partial charge in [-0.1, -0.05) is 42.5 Å². The van der Waals surface area contributed by atoms with Crippen molar-refractivity contribution in [3.8, 4) is 11.1 Å². The molecule has 0 bridgehead atoms. The summed E-state index contributed by atoms with van der Waals surface area (Å²) in [5, 5.41) is 2.66. The van der Waals surface area contributed by atoms with Crippen molar-refractivity contribution in [3.63, 3.8) is 0 Å². The molecule has 0 unspecified atom stereocenters. The van der Waals surface area contributed by atoms with Crippen molar-refractivity contribution in [2.24, 2.45) is 0 Å². The molecule has 0 saturated carbocycles. The minimum absolute atomic E-state index is 0.805. The van der Waals surface area contributed by atoms with E-state index in [0.29, 0.717) is 0 Å². The summed E-state index contributed by atoms with van der Waals surface area (Å²) in [4.78, 5) is 0. The summed E-state index contributed by atoms with van der Waals surface area (Å²) in [6.07, 6.45) is 0. The van der Waals surface area contributed by atoms with Gasteiger partial charge in [-0.25, -0.2) is 0 Å². The molecular formula is C18H13NS. The van der Waals surface area contributed by atoms with Crippen LogP contribution in [0.5, 0.6) is 0 Å². The van der Waals surface area contributed by atoms with Gasteiger partial charge in [0.05, 0.1) is 0 Å². The number of anilines is 1. The van der Waals surface area contributed by atoms with Gasteiger partial charge in [0.15, 0.2) is 0 Å². The van der Waals surface area contributed by atoms with E-state index in [1.807, 2.05) is 29.5 Å². The first-order valence-electron chi connectivity index (χ1n) is 6.59. The highest BCUT2D eigenvalue weighted by Crippen LogP contribution is 2.39. The molecule has 1 nitrogen and oxygen atoms in total. The fraction of sp³-hybridized carbons (Fsp3) is 0. The zero-order chi connectivity index (χ0) is 13.5. The topological polar surface area (TPSA) is 26.0 Å². The molecule has 1 heterocycles. The van der Waals surface area contributed by atoms with E-state index in [1.54, 1.807) is 0 Å². The van der Waals surface area contributed by atoms with Crippen molar-refractivity contribution in [1.29, 1.82) is 0 Å². The summed E-state index contributed by atoms with van der Waals surface area (Å²) in [5.74, 6) is 0. The zero-order valence-corrected chi connectivity index (χ0v) is 11.7. The minimum atomic E-state index is 0.805. The minimum Gasteiger partial charge on any atom is -0.399 e. The number of nitrogens with two attached hydrogens (primary N) is 1. The van der Waals surface area contributed by atoms with Gasteiger partial charge in [0.1, 0.15) is 0 Å². The Morgan fingerprint density at radius 1 is 0.750 bits per heavy atom. The summed E-state index contributed by atoms with van der Waals surface area (Å²) in [7, 11) is 0. The molecule has 0 spiro atoms. The van der Waals surface area contributed by atoms with Gasteiger partial charge in [0, 0.05) is 25.9 Å². The Balaban J connectivity index is 2.14. The van der Waals surface area contributed by atoms with Gasteiger partial charge in [-0.3, -0.25) is 0 Å².